The minimum absolute atomic E-state index is 0.166. The van der Waals surface area contributed by atoms with Gasteiger partial charge in [0.2, 0.25) is 0 Å². The Bertz CT molecular complexity index is 365. The van der Waals surface area contributed by atoms with Crippen LogP contribution in [0.2, 0.25) is 0 Å². The first kappa shape index (κ1) is 15.6. The van der Waals surface area contributed by atoms with Gasteiger partial charge in [-0.3, -0.25) is 0 Å². The van der Waals surface area contributed by atoms with Crippen LogP contribution in [0.4, 0.5) is 0 Å². The topological polar surface area (TPSA) is 24.9 Å². The van der Waals surface area contributed by atoms with Crippen LogP contribution in [0.25, 0.3) is 0 Å². The Kier molecular flexibility index (Phi) is 5.35. The fourth-order valence-electron chi connectivity index (χ4n) is 1.84. The lowest BCUT2D eigenvalue weighted by molar-refractivity contribution is 0.292. The van der Waals surface area contributed by atoms with E-state index < -0.39 is 0 Å². The monoisotopic (exact) mass is 268 g/mol. The Balaban J connectivity index is 2.73. The van der Waals surface area contributed by atoms with Crippen molar-refractivity contribution in [2.24, 2.45) is 5.41 Å². The van der Waals surface area contributed by atoms with Crippen LogP contribution in [0.15, 0.2) is 5.38 Å². The summed E-state index contributed by atoms with van der Waals surface area (Å²) < 4.78 is 0. The summed E-state index contributed by atoms with van der Waals surface area (Å²) in [6.45, 7) is 15.6. The highest BCUT2D eigenvalue weighted by atomic mass is 32.1. The normalized spacial score (nSPS) is 15.7. The van der Waals surface area contributed by atoms with Gasteiger partial charge in [-0.1, -0.05) is 41.5 Å². The third-order valence-corrected chi connectivity index (χ3v) is 4.40. The maximum atomic E-state index is 4.81. The minimum Gasteiger partial charge on any atom is -0.316 e. The fourth-order valence-corrected chi connectivity index (χ4v) is 3.08. The minimum atomic E-state index is 0.166. The summed E-state index contributed by atoms with van der Waals surface area (Å²) in [6.07, 6.45) is 2.27. The van der Waals surface area contributed by atoms with Crippen molar-refractivity contribution in [2.45, 2.75) is 59.8 Å². The zero-order valence-corrected chi connectivity index (χ0v) is 13.6. The number of nitrogens with one attached hydrogen (secondary N) is 1. The molecule has 0 amide bonds. The van der Waals surface area contributed by atoms with Gasteiger partial charge in [-0.2, -0.15) is 0 Å². The quantitative estimate of drug-likeness (QED) is 0.843. The average Bonchev–Trinajstić information content (AvgIpc) is 2.74. The summed E-state index contributed by atoms with van der Waals surface area (Å²) in [6, 6.07) is 0. The van der Waals surface area contributed by atoms with Crippen molar-refractivity contribution in [2.75, 3.05) is 13.1 Å². The smallest absolute Gasteiger partial charge is 0.0934 e. The molecule has 1 rings (SSSR count). The van der Waals surface area contributed by atoms with Crippen LogP contribution in [0.3, 0.4) is 0 Å². The number of hydrogen-bond donors (Lipinski definition) is 1. The van der Waals surface area contributed by atoms with E-state index in [2.05, 4.69) is 52.2 Å². The molecule has 0 aliphatic carbocycles. The third kappa shape index (κ3) is 4.36. The molecule has 1 N–H and O–H groups in total. The molecule has 0 saturated carbocycles. The molecule has 0 saturated heterocycles. The van der Waals surface area contributed by atoms with Crippen LogP contribution in [0.5, 0.6) is 0 Å². The van der Waals surface area contributed by atoms with Gasteiger partial charge in [0.1, 0.15) is 0 Å². The van der Waals surface area contributed by atoms with Gasteiger partial charge in [-0.05, 0) is 18.4 Å². The summed E-state index contributed by atoms with van der Waals surface area (Å²) in [5, 5.41) is 6.97. The van der Waals surface area contributed by atoms with E-state index >= 15 is 0 Å². The van der Waals surface area contributed by atoms with E-state index in [-0.39, 0.29) is 5.41 Å². The SMILES string of the molecule is CCNCC(C)(CC)Cc1nc(C(C)(C)C)cs1. The summed E-state index contributed by atoms with van der Waals surface area (Å²) in [4.78, 5) is 4.81. The predicted molar refractivity (Wildman–Crippen MR) is 81.5 cm³/mol. The van der Waals surface area contributed by atoms with Crippen molar-refractivity contribution in [1.29, 1.82) is 0 Å². The highest BCUT2D eigenvalue weighted by molar-refractivity contribution is 7.09. The Morgan fingerprint density at radius 3 is 2.33 bits per heavy atom. The molecule has 0 aliphatic heterocycles. The first-order chi connectivity index (χ1) is 8.30. The number of aromatic nitrogens is 1. The van der Waals surface area contributed by atoms with E-state index in [9.17, 15) is 0 Å². The Morgan fingerprint density at radius 2 is 1.89 bits per heavy atom. The number of rotatable bonds is 6. The van der Waals surface area contributed by atoms with Crippen LogP contribution in [0, 0.1) is 5.41 Å². The lowest BCUT2D eigenvalue weighted by atomic mass is 9.84. The second-order valence-electron chi connectivity index (χ2n) is 6.50. The zero-order chi connectivity index (χ0) is 13.8. The number of hydrogen-bond acceptors (Lipinski definition) is 3. The molecular weight excluding hydrogens is 240 g/mol. The molecule has 18 heavy (non-hydrogen) atoms. The maximum absolute atomic E-state index is 4.81. The summed E-state index contributed by atoms with van der Waals surface area (Å²) in [5.41, 5.74) is 1.71. The van der Waals surface area contributed by atoms with Crippen molar-refractivity contribution < 1.29 is 0 Å². The van der Waals surface area contributed by atoms with Crippen LogP contribution in [0.1, 0.15) is 58.7 Å². The summed E-state index contributed by atoms with van der Waals surface area (Å²) in [7, 11) is 0. The lowest BCUT2D eigenvalue weighted by Crippen LogP contribution is -2.33. The van der Waals surface area contributed by atoms with Gasteiger partial charge in [0.05, 0.1) is 10.7 Å². The van der Waals surface area contributed by atoms with E-state index in [1.54, 1.807) is 0 Å². The van der Waals surface area contributed by atoms with Crippen LogP contribution < -0.4 is 5.32 Å². The Labute approximate surface area is 116 Å². The van der Waals surface area contributed by atoms with Crippen molar-refractivity contribution in [1.82, 2.24) is 10.3 Å². The molecule has 0 aliphatic rings. The molecule has 0 fully saturated rings. The van der Waals surface area contributed by atoms with Gasteiger partial charge in [0.15, 0.2) is 0 Å². The van der Waals surface area contributed by atoms with Crippen molar-refractivity contribution in [3.05, 3.63) is 16.1 Å². The summed E-state index contributed by atoms with van der Waals surface area (Å²) in [5.74, 6) is 0. The fraction of sp³-hybridized carbons (Fsp3) is 0.800. The standard InChI is InChI=1S/C15H28N2S/c1-7-15(6,11-16-8-2)9-13-17-12(10-18-13)14(3,4)5/h10,16H,7-9,11H2,1-6H3. The molecule has 0 bridgehead atoms. The van der Waals surface area contributed by atoms with E-state index in [1.807, 2.05) is 11.3 Å². The molecule has 3 heteroatoms. The Morgan fingerprint density at radius 1 is 1.22 bits per heavy atom. The number of thiazole rings is 1. The first-order valence-electron chi connectivity index (χ1n) is 6.96. The van der Waals surface area contributed by atoms with E-state index in [4.69, 9.17) is 4.98 Å². The molecule has 0 spiro atoms. The number of nitrogens with zero attached hydrogens (tertiary/aromatic N) is 1. The predicted octanol–water partition coefficient (Wildman–Crippen LogP) is 4.01. The van der Waals surface area contributed by atoms with E-state index in [1.165, 1.54) is 17.1 Å². The van der Waals surface area contributed by atoms with Crippen LogP contribution in [-0.4, -0.2) is 18.1 Å². The molecule has 1 atom stereocenters. The molecule has 104 valence electrons. The molecule has 2 nitrogen and oxygen atoms in total. The van der Waals surface area contributed by atoms with E-state index in [0.29, 0.717) is 5.41 Å². The van der Waals surface area contributed by atoms with Gasteiger partial charge in [-0.25, -0.2) is 4.98 Å². The van der Waals surface area contributed by atoms with Gasteiger partial charge < -0.3 is 5.32 Å². The second kappa shape index (κ2) is 6.16. The summed E-state index contributed by atoms with van der Waals surface area (Å²) >= 11 is 1.81. The third-order valence-electron chi connectivity index (χ3n) is 3.55. The van der Waals surface area contributed by atoms with Crippen molar-refractivity contribution in [3.63, 3.8) is 0 Å². The lowest BCUT2D eigenvalue weighted by Gasteiger charge is -2.27. The van der Waals surface area contributed by atoms with Crippen LogP contribution in [-0.2, 0) is 11.8 Å². The largest absolute Gasteiger partial charge is 0.316 e. The molecule has 1 aromatic heterocycles. The molecule has 1 unspecified atom stereocenters. The van der Waals surface area contributed by atoms with Crippen molar-refractivity contribution >= 4 is 11.3 Å². The molecular formula is C15H28N2S. The second-order valence-corrected chi connectivity index (χ2v) is 7.44. The highest BCUT2D eigenvalue weighted by Crippen LogP contribution is 2.30. The Hall–Kier alpha value is -0.410. The zero-order valence-electron chi connectivity index (χ0n) is 12.8. The van der Waals surface area contributed by atoms with Gasteiger partial charge in [-0.15, -0.1) is 11.3 Å². The maximum Gasteiger partial charge on any atom is 0.0934 e. The molecule has 1 heterocycles. The van der Waals surface area contributed by atoms with Gasteiger partial charge in [0.25, 0.3) is 0 Å². The highest BCUT2D eigenvalue weighted by Gasteiger charge is 2.25. The van der Waals surface area contributed by atoms with Crippen molar-refractivity contribution in [3.8, 4) is 0 Å². The van der Waals surface area contributed by atoms with Gasteiger partial charge in [0, 0.05) is 23.8 Å². The molecule has 1 aromatic rings. The van der Waals surface area contributed by atoms with E-state index in [0.717, 1.165) is 19.5 Å². The average molecular weight is 268 g/mol. The first-order valence-corrected chi connectivity index (χ1v) is 7.84. The molecule has 0 aromatic carbocycles. The van der Waals surface area contributed by atoms with Gasteiger partial charge >= 0.3 is 0 Å². The van der Waals surface area contributed by atoms with Crippen LogP contribution >= 0.6 is 11.3 Å². The molecule has 0 radical (unpaired) electrons.